The average molecular weight is 545 g/mol. The topological polar surface area (TPSA) is 36.7 Å². The maximum Gasteiger partial charge on any atom is 0.0991 e. The molecule has 0 fully saturated rings. The van der Waals surface area contributed by atoms with E-state index in [0.29, 0.717) is 5.56 Å². The highest BCUT2D eigenvalue weighted by Crippen LogP contribution is 2.50. The van der Waals surface area contributed by atoms with E-state index >= 15 is 0 Å². The highest BCUT2D eigenvalue weighted by Gasteiger charge is 2.31. The van der Waals surface area contributed by atoms with Crippen LogP contribution in [-0.2, 0) is 0 Å². The smallest absolute Gasteiger partial charge is 0.0991 e. The highest BCUT2D eigenvalue weighted by molar-refractivity contribution is 6.21. The Balaban J connectivity index is 1.39. The van der Waals surface area contributed by atoms with Crippen molar-refractivity contribution in [1.29, 1.82) is 5.26 Å². The molecule has 0 aliphatic heterocycles. The number of hydrogen-bond acceptors (Lipinski definition) is 2. The summed E-state index contributed by atoms with van der Waals surface area (Å²) in [6.45, 7) is 0. The molecule has 7 aromatic carbocycles. The van der Waals surface area contributed by atoms with Gasteiger partial charge in [-0.2, -0.15) is 5.26 Å². The molecule has 198 valence electrons. The number of nitriles is 1. The largest absolute Gasteiger partial charge is 0.246 e. The molecule has 9 rings (SSSR count). The van der Waals surface area contributed by atoms with Gasteiger partial charge in [0.15, 0.2) is 0 Å². The first-order valence-corrected chi connectivity index (χ1v) is 14.6. The van der Waals surface area contributed by atoms with Crippen LogP contribution in [0.1, 0.15) is 28.2 Å². The lowest BCUT2D eigenvalue weighted by atomic mass is 9.87. The quantitative estimate of drug-likeness (QED) is 0.160. The second kappa shape index (κ2) is 9.11. The zero-order valence-electron chi connectivity index (χ0n) is 23.3. The maximum atomic E-state index is 9.79. The van der Waals surface area contributed by atoms with Crippen LogP contribution in [-0.4, -0.2) is 4.98 Å². The second-order valence-electron chi connectivity index (χ2n) is 11.4. The molecule has 8 aromatic rings. The lowest BCUT2D eigenvalue weighted by Gasteiger charge is -2.17. The van der Waals surface area contributed by atoms with Crippen LogP contribution in [0.5, 0.6) is 0 Å². The van der Waals surface area contributed by atoms with E-state index in [2.05, 4.69) is 140 Å². The van der Waals surface area contributed by atoms with E-state index < -0.39 is 0 Å². The van der Waals surface area contributed by atoms with Crippen molar-refractivity contribution in [2.45, 2.75) is 5.92 Å². The molecule has 1 unspecified atom stereocenters. The first kappa shape index (κ1) is 23.9. The fraction of sp³-hybridized carbons (Fsp3) is 0.0244. The summed E-state index contributed by atoms with van der Waals surface area (Å²) in [7, 11) is 0. The van der Waals surface area contributed by atoms with Crippen LogP contribution < -0.4 is 0 Å². The minimum Gasteiger partial charge on any atom is -0.246 e. The Bertz CT molecular complexity index is 2370. The van der Waals surface area contributed by atoms with Crippen molar-refractivity contribution in [1.82, 2.24) is 4.98 Å². The molecule has 0 radical (unpaired) electrons. The van der Waals surface area contributed by atoms with E-state index in [0.717, 1.165) is 43.7 Å². The third-order valence-corrected chi connectivity index (χ3v) is 9.13. The third kappa shape index (κ3) is 3.49. The van der Waals surface area contributed by atoms with E-state index in [1.165, 1.54) is 38.6 Å². The molecule has 0 bridgehead atoms. The molecule has 2 nitrogen and oxygen atoms in total. The normalized spacial score (nSPS) is 13.8. The summed E-state index contributed by atoms with van der Waals surface area (Å²) in [6, 6.07) is 52.0. The molecular formula is C41H24N2. The Kier molecular flexibility index (Phi) is 5.06. The van der Waals surface area contributed by atoms with Crippen LogP contribution >= 0.6 is 0 Å². The number of fused-ring (bicyclic) bond motifs is 9. The van der Waals surface area contributed by atoms with Gasteiger partial charge in [-0.25, -0.2) is 4.98 Å². The number of benzene rings is 7. The Morgan fingerprint density at radius 3 is 1.74 bits per heavy atom. The van der Waals surface area contributed by atoms with Crippen LogP contribution in [0.4, 0.5) is 0 Å². The Morgan fingerprint density at radius 2 is 1.09 bits per heavy atom. The molecule has 2 heteroatoms. The Labute approximate surface area is 249 Å². The van der Waals surface area contributed by atoms with Crippen molar-refractivity contribution in [2.24, 2.45) is 0 Å². The fourth-order valence-electron chi connectivity index (χ4n) is 7.20. The number of hydrogen-bond donors (Lipinski definition) is 0. The van der Waals surface area contributed by atoms with Crippen molar-refractivity contribution in [3.63, 3.8) is 0 Å². The molecule has 1 aliphatic rings. The number of aromatic nitrogens is 1. The van der Waals surface area contributed by atoms with Gasteiger partial charge in [-0.05, 0) is 62.4 Å². The second-order valence-corrected chi connectivity index (χ2v) is 11.4. The zero-order valence-corrected chi connectivity index (χ0v) is 23.3. The van der Waals surface area contributed by atoms with Gasteiger partial charge in [-0.3, -0.25) is 0 Å². The summed E-state index contributed by atoms with van der Waals surface area (Å²) >= 11 is 0. The molecule has 0 N–H and O–H groups in total. The van der Waals surface area contributed by atoms with Crippen molar-refractivity contribution in [2.75, 3.05) is 0 Å². The van der Waals surface area contributed by atoms with Crippen LogP contribution in [0.2, 0.25) is 0 Å². The van der Waals surface area contributed by atoms with Gasteiger partial charge < -0.3 is 0 Å². The van der Waals surface area contributed by atoms with Gasteiger partial charge in [0, 0.05) is 33.0 Å². The van der Waals surface area contributed by atoms with Crippen molar-refractivity contribution < 1.29 is 0 Å². The van der Waals surface area contributed by atoms with E-state index in [-0.39, 0.29) is 5.92 Å². The number of pyridine rings is 1. The Hall–Kier alpha value is -5.78. The lowest BCUT2D eigenvalue weighted by Crippen LogP contribution is -1.99. The third-order valence-electron chi connectivity index (χ3n) is 9.13. The first-order valence-electron chi connectivity index (χ1n) is 14.6. The minimum absolute atomic E-state index is 0.131. The zero-order chi connectivity index (χ0) is 28.5. The van der Waals surface area contributed by atoms with E-state index in [1.54, 1.807) is 0 Å². The SMILES string of the molecule is N#Cc1ccc2c(c1)-c1cc(-c3c4ccc5ccccc5c4nc4c3ccc3ccccc34)ccc1C2c1ccccc1. The molecule has 0 amide bonds. The summed E-state index contributed by atoms with van der Waals surface area (Å²) in [5, 5.41) is 16.8. The van der Waals surface area contributed by atoms with Crippen LogP contribution in [0.3, 0.4) is 0 Å². The van der Waals surface area contributed by atoms with Crippen molar-refractivity contribution >= 4 is 43.4 Å². The average Bonchev–Trinajstić information content (AvgIpc) is 3.40. The van der Waals surface area contributed by atoms with Gasteiger partial charge in [-0.1, -0.05) is 121 Å². The van der Waals surface area contributed by atoms with E-state index in [9.17, 15) is 5.26 Å². The molecule has 0 saturated carbocycles. The van der Waals surface area contributed by atoms with Crippen LogP contribution in [0.25, 0.3) is 65.6 Å². The van der Waals surface area contributed by atoms with Crippen molar-refractivity contribution in [3.05, 3.63) is 162 Å². The summed E-state index contributed by atoms with van der Waals surface area (Å²) in [5.41, 5.74) is 11.2. The lowest BCUT2D eigenvalue weighted by molar-refractivity contribution is 1.01. The summed E-state index contributed by atoms with van der Waals surface area (Å²) in [5.74, 6) is 0.131. The summed E-state index contributed by atoms with van der Waals surface area (Å²) in [4.78, 5) is 5.37. The van der Waals surface area contributed by atoms with Gasteiger partial charge in [0.1, 0.15) is 0 Å². The molecular weight excluding hydrogens is 520 g/mol. The molecule has 0 saturated heterocycles. The highest BCUT2D eigenvalue weighted by atomic mass is 14.7. The van der Waals surface area contributed by atoms with Crippen molar-refractivity contribution in [3.8, 4) is 28.3 Å². The van der Waals surface area contributed by atoms with Gasteiger partial charge in [0.05, 0.1) is 22.7 Å². The monoisotopic (exact) mass is 544 g/mol. The molecule has 0 spiro atoms. The molecule has 1 aliphatic carbocycles. The number of nitrogens with zero attached hydrogens (tertiary/aromatic N) is 2. The van der Waals surface area contributed by atoms with E-state index in [4.69, 9.17) is 4.98 Å². The first-order chi connectivity index (χ1) is 21.3. The molecule has 43 heavy (non-hydrogen) atoms. The predicted octanol–water partition coefficient (Wildman–Crippen LogP) is 10.4. The molecule has 1 aromatic heterocycles. The predicted molar refractivity (Wildman–Crippen MR) is 177 cm³/mol. The number of rotatable bonds is 2. The summed E-state index contributed by atoms with van der Waals surface area (Å²) < 4.78 is 0. The molecule has 1 heterocycles. The summed E-state index contributed by atoms with van der Waals surface area (Å²) in [6.07, 6.45) is 0. The standard InChI is InChI=1S/C41H24N2/c42-24-25-14-18-32-36(22-25)37-23-29(17-19-33(37)38(32)28-10-2-1-3-11-28)39-34-20-15-26-8-4-6-12-30(26)40(34)43-41-31-13-7-5-9-27(31)16-21-35(39)41/h1-23,38H. The fourth-order valence-corrected chi connectivity index (χ4v) is 7.20. The minimum atomic E-state index is 0.131. The van der Waals surface area contributed by atoms with Gasteiger partial charge in [0.2, 0.25) is 0 Å². The van der Waals surface area contributed by atoms with Crippen LogP contribution in [0.15, 0.2) is 140 Å². The van der Waals surface area contributed by atoms with E-state index in [1.807, 2.05) is 6.07 Å². The van der Waals surface area contributed by atoms with Gasteiger partial charge in [0.25, 0.3) is 0 Å². The van der Waals surface area contributed by atoms with Gasteiger partial charge in [-0.15, -0.1) is 0 Å². The van der Waals surface area contributed by atoms with Gasteiger partial charge >= 0.3 is 0 Å². The van der Waals surface area contributed by atoms with Crippen LogP contribution in [0, 0.1) is 11.3 Å². The maximum absolute atomic E-state index is 9.79. The Morgan fingerprint density at radius 1 is 0.512 bits per heavy atom. The molecule has 1 atom stereocenters.